The molecule has 84 valence electrons. The molecule has 1 fully saturated rings. The predicted molar refractivity (Wildman–Crippen MR) is 63.2 cm³/mol. The van der Waals surface area contributed by atoms with Crippen LogP contribution in [0, 0.1) is 17.2 Å². The number of rotatable bonds is 2. The largest absolute Gasteiger partial charge is 0.490 e. The van der Waals surface area contributed by atoms with Crippen LogP contribution in [0.15, 0.2) is 24.3 Å². The van der Waals surface area contributed by atoms with E-state index in [2.05, 4.69) is 13.0 Å². The molecule has 2 heteroatoms. The second-order valence-corrected chi connectivity index (χ2v) is 4.56. The van der Waals surface area contributed by atoms with Crippen LogP contribution in [-0.4, -0.2) is 6.10 Å². The Balaban J connectivity index is 2.05. The second-order valence-electron chi connectivity index (χ2n) is 4.56. The highest BCUT2D eigenvalue weighted by molar-refractivity contribution is 5.36. The Morgan fingerprint density at radius 2 is 2.12 bits per heavy atom. The van der Waals surface area contributed by atoms with Crippen molar-refractivity contribution in [3.05, 3.63) is 29.8 Å². The number of nitrogens with zero attached hydrogens (tertiary/aromatic N) is 1. The van der Waals surface area contributed by atoms with Gasteiger partial charge in [0, 0.05) is 0 Å². The normalized spacial score (nSPS) is 24.8. The van der Waals surface area contributed by atoms with E-state index in [0.717, 1.165) is 12.2 Å². The Bertz CT molecular complexity index is 394. The minimum absolute atomic E-state index is 0.322. The Hall–Kier alpha value is -1.49. The lowest BCUT2D eigenvalue weighted by Gasteiger charge is -2.29. The summed E-state index contributed by atoms with van der Waals surface area (Å²) in [6.45, 7) is 2.25. The van der Waals surface area contributed by atoms with Gasteiger partial charge in [0.15, 0.2) is 0 Å². The molecule has 2 atom stereocenters. The van der Waals surface area contributed by atoms with Crippen LogP contribution in [0.3, 0.4) is 0 Å². The SMILES string of the molecule is CC1CCCCC1Oc1cccc(C#N)c1. The van der Waals surface area contributed by atoms with Crippen LogP contribution in [0.4, 0.5) is 0 Å². The zero-order valence-corrected chi connectivity index (χ0v) is 9.65. The molecule has 1 aromatic rings. The van der Waals surface area contributed by atoms with Gasteiger partial charge in [-0.1, -0.05) is 19.4 Å². The number of nitriles is 1. The van der Waals surface area contributed by atoms with Gasteiger partial charge in [0.05, 0.1) is 11.6 Å². The summed E-state index contributed by atoms with van der Waals surface area (Å²) in [7, 11) is 0. The van der Waals surface area contributed by atoms with Gasteiger partial charge in [0.1, 0.15) is 11.9 Å². The third-order valence-corrected chi connectivity index (χ3v) is 3.28. The van der Waals surface area contributed by atoms with E-state index in [1.54, 1.807) is 6.07 Å². The lowest BCUT2D eigenvalue weighted by molar-refractivity contribution is 0.102. The van der Waals surface area contributed by atoms with Gasteiger partial charge >= 0.3 is 0 Å². The number of ether oxygens (including phenoxy) is 1. The van der Waals surface area contributed by atoms with Gasteiger partial charge in [-0.2, -0.15) is 5.26 Å². The van der Waals surface area contributed by atoms with Crippen LogP contribution in [0.5, 0.6) is 5.75 Å². The molecule has 0 aromatic heterocycles. The first-order valence-corrected chi connectivity index (χ1v) is 5.96. The molecule has 2 nitrogen and oxygen atoms in total. The van der Waals surface area contributed by atoms with Crippen LogP contribution < -0.4 is 4.74 Å². The highest BCUT2D eigenvalue weighted by Crippen LogP contribution is 2.28. The third-order valence-electron chi connectivity index (χ3n) is 3.28. The standard InChI is InChI=1S/C14H17NO/c1-11-5-2-3-8-14(11)16-13-7-4-6-12(9-13)10-15/h4,6-7,9,11,14H,2-3,5,8H2,1H3. The fourth-order valence-electron chi connectivity index (χ4n) is 2.27. The van der Waals surface area contributed by atoms with Crippen molar-refractivity contribution in [3.8, 4) is 11.8 Å². The van der Waals surface area contributed by atoms with Gasteiger partial charge in [-0.3, -0.25) is 0 Å². The number of hydrogen-bond donors (Lipinski definition) is 0. The molecule has 1 aliphatic carbocycles. The summed E-state index contributed by atoms with van der Waals surface area (Å²) in [5, 5.41) is 8.81. The topological polar surface area (TPSA) is 33.0 Å². The first-order valence-electron chi connectivity index (χ1n) is 5.96. The zero-order valence-electron chi connectivity index (χ0n) is 9.65. The summed E-state index contributed by atoms with van der Waals surface area (Å²) >= 11 is 0. The molecule has 1 aromatic carbocycles. The molecule has 0 aliphatic heterocycles. The van der Waals surface area contributed by atoms with E-state index in [-0.39, 0.29) is 0 Å². The minimum Gasteiger partial charge on any atom is -0.490 e. The Kier molecular flexibility index (Phi) is 3.46. The molecular formula is C14H17NO. The van der Waals surface area contributed by atoms with Crippen molar-refractivity contribution in [2.75, 3.05) is 0 Å². The van der Waals surface area contributed by atoms with E-state index in [1.165, 1.54) is 19.3 Å². The number of hydrogen-bond acceptors (Lipinski definition) is 2. The zero-order chi connectivity index (χ0) is 11.4. The maximum Gasteiger partial charge on any atom is 0.121 e. The van der Waals surface area contributed by atoms with Gasteiger partial charge in [0.25, 0.3) is 0 Å². The van der Waals surface area contributed by atoms with Crippen molar-refractivity contribution in [2.45, 2.75) is 38.7 Å². The second kappa shape index (κ2) is 5.03. The molecule has 16 heavy (non-hydrogen) atoms. The van der Waals surface area contributed by atoms with Crippen molar-refractivity contribution in [1.82, 2.24) is 0 Å². The van der Waals surface area contributed by atoms with Crippen molar-refractivity contribution in [2.24, 2.45) is 5.92 Å². The fraction of sp³-hybridized carbons (Fsp3) is 0.500. The molecule has 0 heterocycles. The summed E-state index contributed by atoms with van der Waals surface area (Å²) in [5.41, 5.74) is 0.668. The highest BCUT2D eigenvalue weighted by atomic mass is 16.5. The summed E-state index contributed by atoms with van der Waals surface area (Å²) < 4.78 is 5.96. The minimum atomic E-state index is 0.322. The first kappa shape index (κ1) is 11.0. The first-order chi connectivity index (χ1) is 7.79. The molecule has 2 unspecified atom stereocenters. The maximum absolute atomic E-state index is 8.81. The maximum atomic E-state index is 8.81. The Morgan fingerprint density at radius 1 is 1.31 bits per heavy atom. The molecule has 0 amide bonds. The van der Waals surface area contributed by atoms with Crippen LogP contribution in [0.2, 0.25) is 0 Å². The molecule has 0 bridgehead atoms. The molecule has 0 spiro atoms. The highest BCUT2D eigenvalue weighted by Gasteiger charge is 2.22. The lowest BCUT2D eigenvalue weighted by Crippen LogP contribution is -2.28. The molecule has 0 radical (unpaired) electrons. The smallest absolute Gasteiger partial charge is 0.121 e. The molecule has 1 saturated carbocycles. The van der Waals surface area contributed by atoms with Crippen LogP contribution >= 0.6 is 0 Å². The summed E-state index contributed by atoms with van der Waals surface area (Å²) in [4.78, 5) is 0. The summed E-state index contributed by atoms with van der Waals surface area (Å²) in [6, 6.07) is 9.57. The lowest BCUT2D eigenvalue weighted by atomic mass is 9.88. The molecular weight excluding hydrogens is 198 g/mol. The number of benzene rings is 1. The van der Waals surface area contributed by atoms with Crippen molar-refractivity contribution in [3.63, 3.8) is 0 Å². The monoisotopic (exact) mass is 215 g/mol. The van der Waals surface area contributed by atoms with Crippen LogP contribution in [0.25, 0.3) is 0 Å². The third kappa shape index (κ3) is 2.55. The van der Waals surface area contributed by atoms with E-state index in [4.69, 9.17) is 10.00 Å². The Labute approximate surface area is 96.9 Å². The van der Waals surface area contributed by atoms with Gasteiger partial charge in [-0.05, 0) is 43.4 Å². The van der Waals surface area contributed by atoms with Gasteiger partial charge in [-0.25, -0.2) is 0 Å². The van der Waals surface area contributed by atoms with Gasteiger partial charge in [-0.15, -0.1) is 0 Å². The van der Waals surface area contributed by atoms with E-state index in [0.29, 0.717) is 17.6 Å². The summed E-state index contributed by atoms with van der Waals surface area (Å²) in [5.74, 6) is 1.46. The van der Waals surface area contributed by atoms with Crippen molar-refractivity contribution < 1.29 is 4.74 Å². The van der Waals surface area contributed by atoms with Gasteiger partial charge in [0.2, 0.25) is 0 Å². The van der Waals surface area contributed by atoms with E-state index < -0.39 is 0 Å². The van der Waals surface area contributed by atoms with Crippen LogP contribution in [-0.2, 0) is 0 Å². The molecule has 0 N–H and O–H groups in total. The molecule has 1 aliphatic rings. The summed E-state index contributed by atoms with van der Waals surface area (Å²) in [6.07, 6.45) is 5.29. The van der Waals surface area contributed by atoms with Crippen molar-refractivity contribution in [1.29, 1.82) is 5.26 Å². The van der Waals surface area contributed by atoms with Crippen molar-refractivity contribution >= 4 is 0 Å². The van der Waals surface area contributed by atoms with E-state index in [1.807, 2.05) is 18.2 Å². The van der Waals surface area contributed by atoms with E-state index in [9.17, 15) is 0 Å². The average molecular weight is 215 g/mol. The van der Waals surface area contributed by atoms with Gasteiger partial charge < -0.3 is 4.74 Å². The molecule has 2 rings (SSSR count). The average Bonchev–Trinajstić information content (AvgIpc) is 2.32. The van der Waals surface area contributed by atoms with E-state index >= 15 is 0 Å². The Morgan fingerprint density at radius 3 is 2.88 bits per heavy atom. The molecule has 0 saturated heterocycles. The predicted octanol–water partition coefficient (Wildman–Crippen LogP) is 3.52. The van der Waals surface area contributed by atoms with Crippen LogP contribution in [0.1, 0.15) is 38.2 Å². The fourth-order valence-corrected chi connectivity index (χ4v) is 2.27. The quantitative estimate of drug-likeness (QED) is 0.756.